The lowest BCUT2D eigenvalue weighted by Gasteiger charge is -2.07. The van der Waals surface area contributed by atoms with Crippen LogP contribution in [-0.2, 0) is 4.79 Å². The molecule has 1 aromatic carbocycles. The molecule has 1 aliphatic rings. The molecule has 1 amide bonds. The van der Waals surface area contributed by atoms with Gasteiger partial charge >= 0.3 is 11.9 Å². The molecule has 0 radical (unpaired) electrons. The number of aliphatic hydroxyl groups excluding tert-OH is 1. The number of halogens is 3. The van der Waals surface area contributed by atoms with E-state index in [9.17, 15) is 9.90 Å². The summed E-state index contributed by atoms with van der Waals surface area (Å²) in [5.41, 5.74) is 0.470. The van der Waals surface area contributed by atoms with Crippen LogP contribution in [0.4, 0.5) is 5.69 Å². The maximum absolute atomic E-state index is 12.1. The fourth-order valence-electron chi connectivity index (χ4n) is 1.76. The maximum atomic E-state index is 12.1. The Kier molecular flexibility index (Phi) is 6.84. The van der Waals surface area contributed by atoms with Crippen molar-refractivity contribution in [2.75, 3.05) is 17.2 Å². The van der Waals surface area contributed by atoms with Gasteiger partial charge in [0.05, 0.1) is 11.9 Å². The number of rotatable bonds is 4. The summed E-state index contributed by atoms with van der Waals surface area (Å²) in [6, 6.07) is 4.67. The van der Waals surface area contributed by atoms with Gasteiger partial charge in [0.2, 0.25) is 6.54 Å². The molecule has 0 aliphatic carbocycles. The van der Waals surface area contributed by atoms with E-state index in [1.165, 1.54) is 16.8 Å². The minimum Gasteiger partial charge on any atom is -1.00 e. The molecule has 0 spiro atoms. The summed E-state index contributed by atoms with van der Waals surface area (Å²) in [6.45, 7) is 4.29. The molecule has 116 valence electrons. The van der Waals surface area contributed by atoms with Crippen molar-refractivity contribution < 1.29 is 30.9 Å². The van der Waals surface area contributed by atoms with Crippen LogP contribution in [0.2, 0.25) is 10.0 Å². The molecular formula is C13H15BrCl2N2O2S. The van der Waals surface area contributed by atoms with Crippen molar-refractivity contribution in [2.45, 2.75) is 13.8 Å². The molecule has 4 nitrogen and oxygen atoms in total. The summed E-state index contributed by atoms with van der Waals surface area (Å²) in [5.74, 6) is 1.08. The van der Waals surface area contributed by atoms with Crippen molar-refractivity contribution in [1.82, 2.24) is 0 Å². The third-order valence-corrected chi connectivity index (χ3v) is 4.48. The van der Waals surface area contributed by atoms with Crippen molar-refractivity contribution in [2.24, 2.45) is 5.92 Å². The molecule has 8 heteroatoms. The highest BCUT2D eigenvalue weighted by atomic mass is 79.9. The number of nitrogens with zero attached hydrogens (tertiary/aromatic N) is 2. The lowest BCUT2D eigenvalue weighted by atomic mass is 10.3. The van der Waals surface area contributed by atoms with E-state index in [-0.39, 0.29) is 35.5 Å². The van der Waals surface area contributed by atoms with E-state index in [2.05, 4.69) is 13.8 Å². The summed E-state index contributed by atoms with van der Waals surface area (Å²) < 4.78 is 1.58. The molecule has 1 N–H and O–H groups in total. The number of hydrogen-bond acceptors (Lipinski definition) is 2. The number of benzene rings is 1. The predicted octanol–water partition coefficient (Wildman–Crippen LogP) is 0.575. The lowest BCUT2D eigenvalue weighted by molar-refractivity contribution is -0.338. The third-order valence-electron chi connectivity index (χ3n) is 2.62. The Hall–Kier alpha value is -0.430. The van der Waals surface area contributed by atoms with E-state index < -0.39 is 0 Å². The van der Waals surface area contributed by atoms with E-state index in [1.54, 1.807) is 22.2 Å². The number of amides is 1. The molecule has 2 rings (SSSR count). The van der Waals surface area contributed by atoms with E-state index in [1.807, 2.05) is 0 Å². The second-order valence-electron chi connectivity index (χ2n) is 4.88. The minimum absolute atomic E-state index is 0. The molecule has 0 fully saturated rings. The minimum atomic E-state index is -0.211. The fourth-order valence-corrected chi connectivity index (χ4v) is 3.15. The fraction of sp³-hybridized carbons (Fsp3) is 0.385. The molecule has 1 aliphatic heterocycles. The van der Waals surface area contributed by atoms with E-state index in [0.29, 0.717) is 21.7 Å². The van der Waals surface area contributed by atoms with Crippen LogP contribution in [0.3, 0.4) is 0 Å². The SMILES string of the molecule is CC(C)CS[N+]1=C(O)N(c2cc(Cl)cc(Cl)c2)C(=O)C1.[Br-]. The molecule has 0 saturated heterocycles. The van der Waals surface area contributed by atoms with Crippen LogP contribution in [0.25, 0.3) is 0 Å². The van der Waals surface area contributed by atoms with Gasteiger partial charge in [0.1, 0.15) is 5.69 Å². The average molecular weight is 414 g/mol. The van der Waals surface area contributed by atoms with Crippen LogP contribution in [0, 0.1) is 5.92 Å². The maximum Gasteiger partial charge on any atom is 0.469 e. The second kappa shape index (κ2) is 7.72. The van der Waals surface area contributed by atoms with Crippen molar-refractivity contribution in [3.05, 3.63) is 28.2 Å². The Morgan fingerprint density at radius 1 is 1.33 bits per heavy atom. The highest BCUT2D eigenvalue weighted by Crippen LogP contribution is 2.28. The Bertz CT molecular complexity index is 561. The van der Waals surface area contributed by atoms with E-state index >= 15 is 0 Å². The monoisotopic (exact) mass is 412 g/mol. The van der Waals surface area contributed by atoms with Crippen LogP contribution >= 0.6 is 35.1 Å². The molecule has 1 aromatic rings. The highest BCUT2D eigenvalue weighted by Gasteiger charge is 2.41. The van der Waals surface area contributed by atoms with Crippen LogP contribution < -0.4 is 21.9 Å². The Balaban J connectivity index is 0.00000220. The number of carbonyl (C=O) groups excluding carboxylic acids is 1. The summed E-state index contributed by atoms with van der Waals surface area (Å²) in [7, 11) is 0. The number of amidine groups is 1. The van der Waals surface area contributed by atoms with Gasteiger partial charge < -0.3 is 22.1 Å². The van der Waals surface area contributed by atoms with Crippen LogP contribution in [-0.4, -0.2) is 33.3 Å². The molecular weight excluding hydrogens is 399 g/mol. The first-order chi connectivity index (χ1) is 9.38. The topological polar surface area (TPSA) is 43.6 Å². The third kappa shape index (κ3) is 4.52. The van der Waals surface area contributed by atoms with Gasteiger partial charge in [-0.3, -0.25) is 0 Å². The zero-order valence-corrected chi connectivity index (χ0v) is 15.4. The van der Waals surface area contributed by atoms with Gasteiger partial charge in [0.15, 0.2) is 0 Å². The van der Waals surface area contributed by atoms with Crippen LogP contribution in [0.1, 0.15) is 13.8 Å². The molecule has 1 heterocycles. The van der Waals surface area contributed by atoms with Crippen molar-refractivity contribution in [1.29, 1.82) is 0 Å². The average Bonchev–Trinajstić information content (AvgIpc) is 2.60. The number of carbonyl (C=O) groups is 1. The summed E-state index contributed by atoms with van der Waals surface area (Å²) in [4.78, 5) is 13.3. The zero-order valence-electron chi connectivity index (χ0n) is 11.5. The van der Waals surface area contributed by atoms with Gasteiger partial charge in [-0.05, 0) is 12.0 Å². The smallest absolute Gasteiger partial charge is 0.469 e. The summed E-state index contributed by atoms with van der Waals surface area (Å²) in [6.07, 6.45) is 0. The van der Waals surface area contributed by atoms with Gasteiger partial charge in [0.25, 0.3) is 0 Å². The van der Waals surface area contributed by atoms with Crippen molar-refractivity contribution in [3.63, 3.8) is 0 Å². The van der Waals surface area contributed by atoms with Gasteiger partial charge in [-0.25, -0.2) is 4.79 Å². The first kappa shape index (κ1) is 18.6. The van der Waals surface area contributed by atoms with E-state index in [0.717, 1.165) is 5.75 Å². The van der Waals surface area contributed by atoms with Gasteiger partial charge in [0, 0.05) is 27.9 Å². The Morgan fingerprint density at radius 2 is 1.90 bits per heavy atom. The quantitative estimate of drug-likeness (QED) is 0.579. The second-order valence-corrected chi connectivity index (χ2v) is 6.79. The Labute approximate surface area is 148 Å². The first-order valence-electron chi connectivity index (χ1n) is 6.14. The molecule has 0 atom stereocenters. The number of aliphatic hydroxyl groups is 1. The summed E-state index contributed by atoms with van der Waals surface area (Å²) in [5, 5.41) is 11.0. The standard InChI is InChI=1S/C13H14Cl2N2O2S.BrH/c1-8(2)7-20-16-6-12(18)17(13(16)19)11-4-9(14)3-10(15)5-11;/h3-5,8H,6-7H2,1-2H3;1H. The first-order valence-corrected chi connectivity index (χ1v) is 7.83. The molecule has 0 aromatic heterocycles. The van der Waals surface area contributed by atoms with Crippen LogP contribution in [0.5, 0.6) is 0 Å². The largest absolute Gasteiger partial charge is 1.00 e. The molecule has 0 saturated carbocycles. The highest BCUT2D eigenvalue weighted by molar-refractivity contribution is 7.93. The normalized spacial score (nSPS) is 14.9. The van der Waals surface area contributed by atoms with Gasteiger partial charge in [-0.1, -0.05) is 37.0 Å². The summed E-state index contributed by atoms with van der Waals surface area (Å²) >= 11 is 13.3. The molecule has 0 bridgehead atoms. The number of hydrogen-bond donors (Lipinski definition) is 1. The Morgan fingerprint density at radius 3 is 2.43 bits per heavy atom. The zero-order chi connectivity index (χ0) is 14.9. The molecule has 0 unspecified atom stereocenters. The van der Waals surface area contributed by atoms with Crippen molar-refractivity contribution in [3.8, 4) is 0 Å². The molecule has 21 heavy (non-hydrogen) atoms. The lowest BCUT2D eigenvalue weighted by Crippen LogP contribution is -3.00. The number of anilines is 1. The predicted molar refractivity (Wildman–Crippen MR) is 84.0 cm³/mol. The van der Waals surface area contributed by atoms with E-state index in [4.69, 9.17) is 23.2 Å². The van der Waals surface area contributed by atoms with Gasteiger partial charge in [-0.2, -0.15) is 3.98 Å². The van der Waals surface area contributed by atoms with Crippen LogP contribution in [0.15, 0.2) is 18.2 Å². The van der Waals surface area contributed by atoms with Crippen molar-refractivity contribution >= 4 is 52.8 Å². The van der Waals surface area contributed by atoms with Gasteiger partial charge in [-0.15, -0.1) is 4.90 Å².